The molecule has 0 radical (unpaired) electrons. The van der Waals surface area contributed by atoms with Crippen LogP contribution in [-0.2, 0) is 6.54 Å². The van der Waals surface area contributed by atoms with Crippen molar-refractivity contribution in [3.63, 3.8) is 0 Å². The first-order valence-corrected chi connectivity index (χ1v) is 11.2. The van der Waals surface area contributed by atoms with Crippen LogP contribution in [0.15, 0.2) is 14.7 Å². The van der Waals surface area contributed by atoms with Crippen molar-refractivity contribution in [2.45, 2.75) is 77.9 Å². The van der Waals surface area contributed by atoms with E-state index in [2.05, 4.69) is 10.5 Å². The molecule has 2 saturated carbocycles. The first kappa shape index (κ1) is 21.2. The molecule has 0 aliphatic heterocycles. The number of aryl methyl sites for hydroxylation is 1. The van der Waals surface area contributed by atoms with Crippen LogP contribution in [0.5, 0.6) is 0 Å². The van der Waals surface area contributed by atoms with Crippen molar-refractivity contribution in [3.8, 4) is 0 Å². The number of rotatable bonds is 5. The quantitative estimate of drug-likeness (QED) is 0.569. The second-order valence-electron chi connectivity index (χ2n) is 9.87. The fraction of sp³-hybridized carbons (Fsp3) is 0.667. The molecule has 0 amide bonds. The lowest BCUT2D eigenvalue weighted by Gasteiger charge is -2.35. The molecule has 2 fully saturated rings. The third kappa shape index (κ3) is 3.84. The Labute approximate surface area is 177 Å². The number of fused-ring (bicyclic) bond motifs is 1. The lowest BCUT2D eigenvalue weighted by Crippen LogP contribution is -2.44. The van der Waals surface area contributed by atoms with Gasteiger partial charge in [-0.3, -0.25) is 13.9 Å². The van der Waals surface area contributed by atoms with E-state index in [0.29, 0.717) is 10.2 Å². The number of aromatic nitrogens is 2. The molecule has 1 N–H and O–H groups in total. The number of nitrogens with one attached hydrogen (secondary N) is 1. The van der Waals surface area contributed by atoms with E-state index in [1.165, 1.54) is 15.9 Å². The Morgan fingerprint density at radius 2 is 1.93 bits per heavy atom. The van der Waals surface area contributed by atoms with Crippen LogP contribution in [0.4, 0.5) is 8.78 Å². The number of nitrogens with zero attached hydrogens (tertiary/aromatic N) is 3. The minimum atomic E-state index is -2.64. The van der Waals surface area contributed by atoms with Crippen LogP contribution in [0, 0.1) is 18.8 Å². The highest BCUT2D eigenvalue weighted by molar-refractivity contribution is 7.20. The van der Waals surface area contributed by atoms with Crippen molar-refractivity contribution in [2.75, 3.05) is 0 Å². The molecule has 0 aromatic carbocycles. The number of thiophene rings is 1. The highest BCUT2D eigenvalue weighted by Crippen LogP contribution is 2.44. The number of hydrazone groups is 1. The van der Waals surface area contributed by atoms with Gasteiger partial charge in [-0.1, -0.05) is 6.92 Å². The fourth-order valence-corrected chi connectivity index (χ4v) is 5.25. The van der Waals surface area contributed by atoms with Gasteiger partial charge in [0.25, 0.3) is 5.56 Å². The van der Waals surface area contributed by atoms with Crippen LogP contribution >= 0.6 is 11.3 Å². The van der Waals surface area contributed by atoms with Gasteiger partial charge in [-0.2, -0.15) is 5.10 Å². The largest absolute Gasteiger partial charge is 0.332 e. The van der Waals surface area contributed by atoms with E-state index < -0.39 is 5.92 Å². The van der Waals surface area contributed by atoms with E-state index in [-0.39, 0.29) is 54.1 Å². The van der Waals surface area contributed by atoms with E-state index >= 15 is 0 Å². The maximum atomic E-state index is 13.4. The summed E-state index contributed by atoms with van der Waals surface area (Å²) in [7, 11) is 0. The molecule has 6 nitrogen and oxygen atoms in total. The summed E-state index contributed by atoms with van der Waals surface area (Å²) in [4.78, 5) is 27.8. The van der Waals surface area contributed by atoms with Crippen molar-refractivity contribution in [1.82, 2.24) is 14.6 Å². The second kappa shape index (κ2) is 7.00. The second-order valence-corrected chi connectivity index (χ2v) is 10.9. The van der Waals surface area contributed by atoms with E-state index in [9.17, 15) is 18.4 Å². The van der Waals surface area contributed by atoms with Gasteiger partial charge in [0.05, 0.1) is 16.5 Å². The molecule has 0 bridgehead atoms. The summed E-state index contributed by atoms with van der Waals surface area (Å²) in [6.07, 6.45) is 2.03. The summed E-state index contributed by atoms with van der Waals surface area (Å²) >= 11 is 1.32. The molecule has 2 aromatic rings. The molecule has 164 valence electrons. The summed E-state index contributed by atoms with van der Waals surface area (Å²) < 4.78 is 29.7. The third-order valence-corrected chi connectivity index (χ3v) is 7.13. The van der Waals surface area contributed by atoms with Crippen molar-refractivity contribution in [1.29, 1.82) is 0 Å². The Hall–Kier alpha value is -2.03. The van der Waals surface area contributed by atoms with Crippen LogP contribution in [0.3, 0.4) is 0 Å². The van der Waals surface area contributed by atoms with Gasteiger partial charge >= 0.3 is 5.69 Å². The van der Waals surface area contributed by atoms with Crippen LogP contribution in [0.1, 0.15) is 63.4 Å². The molecule has 2 aliphatic rings. The molecular weight excluding hydrogens is 410 g/mol. The maximum Gasteiger partial charge on any atom is 0.332 e. The Bertz CT molecular complexity index is 1130. The molecule has 0 spiro atoms. The van der Waals surface area contributed by atoms with E-state index in [0.717, 1.165) is 16.9 Å². The first-order valence-electron chi connectivity index (χ1n) is 10.3. The summed E-state index contributed by atoms with van der Waals surface area (Å²) in [6, 6.07) is -0.109. The van der Waals surface area contributed by atoms with E-state index in [1.54, 1.807) is 10.8 Å². The van der Waals surface area contributed by atoms with Gasteiger partial charge < -0.3 is 5.43 Å². The number of halogens is 2. The zero-order valence-electron chi connectivity index (χ0n) is 18.0. The van der Waals surface area contributed by atoms with Gasteiger partial charge in [0.2, 0.25) is 5.92 Å². The lowest BCUT2D eigenvalue weighted by molar-refractivity contribution is -0.114. The monoisotopic (exact) mass is 438 g/mol. The van der Waals surface area contributed by atoms with Gasteiger partial charge in [0, 0.05) is 31.0 Å². The normalized spacial score (nSPS) is 23.8. The molecule has 30 heavy (non-hydrogen) atoms. The molecule has 9 heteroatoms. The highest BCUT2D eigenvalue weighted by atomic mass is 32.1. The van der Waals surface area contributed by atoms with Crippen LogP contribution in [-0.4, -0.2) is 26.8 Å². The van der Waals surface area contributed by atoms with Gasteiger partial charge in [-0.15, -0.1) is 11.3 Å². The van der Waals surface area contributed by atoms with Gasteiger partial charge in [0.15, 0.2) is 0 Å². The average molecular weight is 439 g/mol. The standard InChI is InChI=1S/C21H28F2N4O2S/c1-11-6-14(11)27-17(28)16-12(2)15(9-24-25-20(3,4)5)30-18(16)26(19(27)29)10-13-7-21(22,23)8-13/h9,11,13-14,25H,6-8,10H2,1-5H3/t11-,14-/m0/s1. The van der Waals surface area contributed by atoms with Gasteiger partial charge in [0.1, 0.15) is 4.83 Å². The summed E-state index contributed by atoms with van der Waals surface area (Å²) in [5.74, 6) is -2.63. The first-order chi connectivity index (χ1) is 13.9. The Morgan fingerprint density at radius 1 is 1.30 bits per heavy atom. The Kier molecular flexibility index (Phi) is 4.95. The minimum Gasteiger partial charge on any atom is -0.305 e. The highest BCUT2D eigenvalue weighted by Gasteiger charge is 2.46. The van der Waals surface area contributed by atoms with E-state index in [4.69, 9.17) is 0 Å². The molecule has 2 heterocycles. The van der Waals surface area contributed by atoms with Crippen LogP contribution in [0.25, 0.3) is 10.2 Å². The molecule has 4 rings (SSSR count). The van der Waals surface area contributed by atoms with Gasteiger partial charge in [-0.05, 0) is 51.5 Å². The summed E-state index contributed by atoms with van der Waals surface area (Å²) in [5, 5.41) is 4.78. The predicted octanol–water partition coefficient (Wildman–Crippen LogP) is 3.88. The smallest absolute Gasteiger partial charge is 0.305 e. The maximum absolute atomic E-state index is 13.4. The third-order valence-electron chi connectivity index (χ3n) is 5.88. The summed E-state index contributed by atoms with van der Waals surface area (Å²) in [5.41, 5.74) is 2.94. The zero-order chi connectivity index (χ0) is 22.0. The molecular formula is C21H28F2N4O2S. The lowest BCUT2D eigenvalue weighted by atomic mass is 9.81. The SMILES string of the molecule is Cc1c(C=NNC(C)(C)C)sc2c1c(=O)n([C@H]1C[C@@H]1C)c(=O)n2CC1CC(F)(F)C1. The topological polar surface area (TPSA) is 68.4 Å². The number of alkyl halides is 2. The van der Waals surface area contributed by atoms with Crippen molar-refractivity contribution in [3.05, 3.63) is 31.3 Å². The molecule has 2 atom stereocenters. The molecule has 2 aliphatic carbocycles. The van der Waals surface area contributed by atoms with Crippen molar-refractivity contribution >= 4 is 27.8 Å². The fourth-order valence-electron chi connectivity index (χ4n) is 4.08. The number of hydrogen-bond acceptors (Lipinski definition) is 5. The van der Waals surface area contributed by atoms with Crippen LogP contribution in [0.2, 0.25) is 0 Å². The Balaban J connectivity index is 1.82. The average Bonchev–Trinajstić information content (AvgIpc) is 3.20. The Morgan fingerprint density at radius 3 is 2.47 bits per heavy atom. The van der Waals surface area contributed by atoms with Crippen molar-refractivity contribution < 1.29 is 8.78 Å². The van der Waals surface area contributed by atoms with E-state index in [1.807, 2.05) is 34.6 Å². The zero-order valence-corrected chi connectivity index (χ0v) is 18.8. The van der Waals surface area contributed by atoms with Crippen molar-refractivity contribution in [2.24, 2.45) is 16.9 Å². The number of hydrogen-bond donors (Lipinski definition) is 1. The molecule has 2 aromatic heterocycles. The van der Waals surface area contributed by atoms with Gasteiger partial charge in [-0.25, -0.2) is 13.6 Å². The molecule has 0 saturated heterocycles. The summed E-state index contributed by atoms with van der Waals surface area (Å²) in [6.45, 7) is 10.0. The predicted molar refractivity (Wildman–Crippen MR) is 116 cm³/mol. The minimum absolute atomic E-state index is 0.109. The molecule has 0 unspecified atom stereocenters. The van der Waals surface area contributed by atoms with Crippen LogP contribution < -0.4 is 16.7 Å².